The topological polar surface area (TPSA) is 63.4 Å². The van der Waals surface area contributed by atoms with E-state index in [0.717, 1.165) is 12.8 Å². The van der Waals surface area contributed by atoms with Crippen LogP contribution in [0.5, 0.6) is 0 Å². The zero-order valence-corrected chi connectivity index (χ0v) is 10.8. The maximum absolute atomic E-state index is 12.2. The average Bonchev–Trinajstić information content (AvgIpc) is 2.07. The van der Waals surface area contributed by atoms with Crippen LogP contribution >= 0.6 is 0 Å². The van der Waals surface area contributed by atoms with Crippen molar-refractivity contribution in [1.82, 2.24) is 4.31 Å². The lowest BCUT2D eigenvalue weighted by Gasteiger charge is -2.39. The molecule has 2 N–H and O–H groups in total. The highest BCUT2D eigenvalue weighted by molar-refractivity contribution is 7.90. The van der Waals surface area contributed by atoms with Crippen LogP contribution < -0.4 is 5.73 Å². The Balaban J connectivity index is 2.97. The number of rotatable bonds is 1. The normalized spacial score (nSPS) is 30.5. The van der Waals surface area contributed by atoms with Gasteiger partial charge in [0.2, 0.25) is 10.0 Å². The lowest BCUT2D eigenvalue weighted by atomic mass is 9.99. The molecule has 1 aliphatic rings. The van der Waals surface area contributed by atoms with Crippen LogP contribution in [-0.2, 0) is 10.0 Å². The summed E-state index contributed by atoms with van der Waals surface area (Å²) in [5, 5.41) is 0. The van der Waals surface area contributed by atoms with Gasteiger partial charge in [0.1, 0.15) is 0 Å². The second-order valence-corrected chi connectivity index (χ2v) is 7.98. The predicted octanol–water partition coefficient (Wildman–Crippen LogP) is 1.13. The fraction of sp³-hybridized carbons (Fsp3) is 1.00. The molecule has 90 valence electrons. The number of hydrogen-bond acceptors (Lipinski definition) is 3. The monoisotopic (exact) mass is 234 g/mol. The molecular weight excluding hydrogens is 212 g/mol. The van der Waals surface area contributed by atoms with E-state index in [2.05, 4.69) is 0 Å². The number of nitrogens with two attached hydrogens (primary N) is 1. The lowest BCUT2D eigenvalue weighted by molar-refractivity contribution is 0.188. The summed E-state index contributed by atoms with van der Waals surface area (Å²) in [6, 6.07) is 0. The predicted molar refractivity (Wildman–Crippen MR) is 61.8 cm³/mol. The molecular formula is C10H22N2O2S. The van der Waals surface area contributed by atoms with E-state index in [1.807, 2.05) is 6.92 Å². The van der Waals surface area contributed by atoms with E-state index in [0.29, 0.717) is 6.54 Å². The fourth-order valence-electron chi connectivity index (χ4n) is 1.80. The second kappa shape index (κ2) is 4.03. The van der Waals surface area contributed by atoms with Gasteiger partial charge in [-0.25, -0.2) is 8.42 Å². The SMILES string of the molecule is CC1CCCN(S(=O)(=O)C(C)(C)C)C1N. The Morgan fingerprint density at radius 2 is 1.87 bits per heavy atom. The van der Waals surface area contributed by atoms with Gasteiger partial charge in [-0.2, -0.15) is 4.31 Å². The number of sulfonamides is 1. The molecule has 1 heterocycles. The Labute approximate surface area is 92.9 Å². The third kappa shape index (κ3) is 2.34. The van der Waals surface area contributed by atoms with Gasteiger partial charge in [0, 0.05) is 6.54 Å². The van der Waals surface area contributed by atoms with E-state index >= 15 is 0 Å². The summed E-state index contributed by atoms with van der Waals surface area (Å²) >= 11 is 0. The highest BCUT2D eigenvalue weighted by Gasteiger charge is 2.40. The molecule has 1 aliphatic heterocycles. The van der Waals surface area contributed by atoms with Crippen molar-refractivity contribution in [3.63, 3.8) is 0 Å². The number of nitrogens with zero attached hydrogens (tertiary/aromatic N) is 1. The van der Waals surface area contributed by atoms with Crippen LogP contribution in [0.1, 0.15) is 40.5 Å². The molecule has 0 bridgehead atoms. The molecule has 1 rings (SSSR count). The van der Waals surface area contributed by atoms with Gasteiger partial charge < -0.3 is 5.73 Å². The zero-order chi connectivity index (χ0) is 11.9. The second-order valence-electron chi connectivity index (χ2n) is 5.34. The molecule has 0 amide bonds. The summed E-state index contributed by atoms with van der Waals surface area (Å²) in [5.41, 5.74) is 5.95. The first-order valence-electron chi connectivity index (χ1n) is 5.45. The molecule has 2 atom stereocenters. The van der Waals surface area contributed by atoms with E-state index in [4.69, 9.17) is 5.73 Å². The third-order valence-electron chi connectivity index (χ3n) is 3.04. The highest BCUT2D eigenvalue weighted by atomic mass is 32.2. The van der Waals surface area contributed by atoms with Gasteiger partial charge in [-0.3, -0.25) is 0 Å². The van der Waals surface area contributed by atoms with Crippen LogP contribution in [0, 0.1) is 5.92 Å². The average molecular weight is 234 g/mol. The summed E-state index contributed by atoms with van der Waals surface area (Å²) in [5.74, 6) is 0.246. The summed E-state index contributed by atoms with van der Waals surface area (Å²) in [6.07, 6.45) is 1.56. The van der Waals surface area contributed by atoms with E-state index < -0.39 is 14.8 Å². The van der Waals surface area contributed by atoms with E-state index in [9.17, 15) is 8.42 Å². The van der Waals surface area contributed by atoms with Crippen LogP contribution in [0.3, 0.4) is 0 Å². The zero-order valence-electron chi connectivity index (χ0n) is 10.0. The van der Waals surface area contributed by atoms with Crippen molar-refractivity contribution in [3.05, 3.63) is 0 Å². The van der Waals surface area contributed by atoms with Gasteiger partial charge >= 0.3 is 0 Å². The molecule has 2 unspecified atom stereocenters. The van der Waals surface area contributed by atoms with Gasteiger partial charge in [0.05, 0.1) is 10.9 Å². The maximum atomic E-state index is 12.2. The van der Waals surface area contributed by atoms with Gasteiger partial charge in [-0.1, -0.05) is 6.92 Å². The Morgan fingerprint density at radius 1 is 1.33 bits per heavy atom. The van der Waals surface area contributed by atoms with Crippen LogP contribution in [0.15, 0.2) is 0 Å². The Bertz CT molecular complexity index is 319. The first-order chi connectivity index (χ1) is 6.68. The molecule has 0 aromatic carbocycles. The van der Waals surface area contributed by atoms with Crippen LogP contribution in [-0.4, -0.2) is 30.2 Å². The van der Waals surface area contributed by atoms with Gasteiger partial charge in [-0.05, 0) is 39.5 Å². The van der Waals surface area contributed by atoms with Crippen molar-refractivity contribution in [2.45, 2.75) is 51.4 Å². The molecule has 15 heavy (non-hydrogen) atoms. The van der Waals surface area contributed by atoms with Crippen molar-refractivity contribution in [2.24, 2.45) is 11.7 Å². The van der Waals surface area contributed by atoms with E-state index in [-0.39, 0.29) is 12.1 Å². The smallest absolute Gasteiger partial charge is 0.220 e. The van der Waals surface area contributed by atoms with Gasteiger partial charge in [-0.15, -0.1) is 0 Å². The van der Waals surface area contributed by atoms with E-state index in [1.54, 1.807) is 20.8 Å². The minimum atomic E-state index is -3.27. The van der Waals surface area contributed by atoms with E-state index in [1.165, 1.54) is 4.31 Å². The highest BCUT2D eigenvalue weighted by Crippen LogP contribution is 2.28. The third-order valence-corrected chi connectivity index (χ3v) is 5.63. The van der Waals surface area contributed by atoms with Crippen molar-refractivity contribution in [3.8, 4) is 0 Å². The van der Waals surface area contributed by atoms with Crippen LogP contribution in [0.2, 0.25) is 0 Å². The summed E-state index contributed by atoms with van der Waals surface area (Å²) in [4.78, 5) is 0. The first kappa shape index (κ1) is 12.9. The molecule has 0 radical (unpaired) electrons. The number of piperidine rings is 1. The van der Waals surface area contributed by atoms with Crippen LogP contribution in [0.4, 0.5) is 0 Å². The molecule has 1 fully saturated rings. The van der Waals surface area contributed by atoms with Gasteiger partial charge in [0.25, 0.3) is 0 Å². The minimum Gasteiger partial charge on any atom is -0.315 e. The lowest BCUT2D eigenvalue weighted by Crippen LogP contribution is -2.56. The van der Waals surface area contributed by atoms with Crippen molar-refractivity contribution < 1.29 is 8.42 Å². The molecule has 1 saturated heterocycles. The fourth-order valence-corrected chi connectivity index (χ4v) is 3.41. The van der Waals surface area contributed by atoms with Crippen molar-refractivity contribution >= 4 is 10.0 Å². The van der Waals surface area contributed by atoms with Crippen molar-refractivity contribution in [1.29, 1.82) is 0 Å². The Hall–Kier alpha value is -0.130. The summed E-state index contributed by atoms with van der Waals surface area (Å²) in [6.45, 7) is 7.72. The molecule has 0 spiro atoms. The minimum absolute atomic E-state index is 0.246. The Morgan fingerprint density at radius 3 is 2.33 bits per heavy atom. The molecule has 0 aromatic rings. The largest absolute Gasteiger partial charge is 0.315 e. The molecule has 0 aromatic heterocycles. The first-order valence-corrected chi connectivity index (χ1v) is 6.89. The molecule has 4 nitrogen and oxygen atoms in total. The van der Waals surface area contributed by atoms with Gasteiger partial charge in [0.15, 0.2) is 0 Å². The summed E-state index contributed by atoms with van der Waals surface area (Å²) < 4.78 is 25.1. The molecule has 0 saturated carbocycles. The summed E-state index contributed by atoms with van der Waals surface area (Å²) in [7, 11) is -3.27. The number of hydrogen-bond donors (Lipinski definition) is 1. The standard InChI is InChI=1S/C10H22N2O2S/c1-8-6-5-7-12(9(8)11)15(13,14)10(2,3)4/h8-9H,5-7,11H2,1-4H3. The maximum Gasteiger partial charge on any atom is 0.220 e. The quantitative estimate of drug-likeness (QED) is 0.740. The van der Waals surface area contributed by atoms with Crippen molar-refractivity contribution in [2.75, 3.05) is 6.54 Å². The molecule has 0 aliphatic carbocycles. The molecule has 5 heteroatoms. The Kier molecular flexibility index (Phi) is 3.48. The van der Waals surface area contributed by atoms with Crippen LogP contribution in [0.25, 0.3) is 0 Å².